The molecule has 0 aromatic heterocycles. The Morgan fingerprint density at radius 3 is 2.44 bits per heavy atom. The second kappa shape index (κ2) is 9.94. The van der Waals surface area contributed by atoms with E-state index >= 15 is 0 Å². The van der Waals surface area contributed by atoms with E-state index in [0.717, 1.165) is 24.9 Å². The minimum absolute atomic E-state index is 0.0405. The third kappa shape index (κ3) is 5.83. The molecule has 0 spiro atoms. The normalized spacial score (nSPS) is 17.9. The minimum Gasteiger partial charge on any atom is -0.489 e. The van der Waals surface area contributed by atoms with Gasteiger partial charge in [0.1, 0.15) is 11.9 Å². The van der Waals surface area contributed by atoms with Gasteiger partial charge in [-0.05, 0) is 49.2 Å². The number of benzene rings is 2. The van der Waals surface area contributed by atoms with Gasteiger partial charge in [0.25, 0.3) is 12.2 Å². The number of nitrogens with one attached hydrogen (secondary N) is 1. The van der Waals surface area contributed by atoms with Gasteiger partial charge in [0.05, 0.1) is 4.92 Å². The largest absolute Gasteiger partial charge is 0.489 e. The van der Waals surface area contributed by atoms with Crippen molar-refractivity contribution in [2.75, 3.05) is 6.54 Å². The average molecular weight is 368 g/mol. The van der Waals surface area contributed by atoms with Gasteiger partial charge in [-0.15, -0.1) is 6.42 Å². The molecule has 2 unspecified atom stereocenters. The zero-order valence-corrected chi connectivity index (χ0v) is 14.6. The number of rotatable bonds is 5. The predicted octanol–water partition coefficient (Wildman–Crippen LogP) is 2.63. The van der Waals surface area contributed by atoms with Crippen molar-refractivity contribution in [2.24, 2.45) is 0 Å². The number of hydrogen-bond acceptors (Lipinski definition) is 5. The van der Waals surface area contributed by atoms with Gasteiger partial charge in [-0.25, -0.2) is 0 Å². The summed E-state index contributed by atoms with van der Waals surface area (Å²) < 4.78 is 6.02. The Morgan fingerprint density at radius 2 is 1.89 bits per heavy atom. The molecule has 0 saturated carbocycles. The van der Waals surface area contributed by atoms with Gasteiger partial charge >= 0.3 is 0 Å². The summed E-state index contributed by atoms with van der Waals surface area (Å²) in [5.41, 5.74) is 2.14. The van der Waals surface area contributed by atoms with Crippen LogP contribution in [0.25, 0.3) is 0 Å². The molecule has 2 N–H and O–H groups in total. The Kier molecular flexibility index (Phi) is 7.35. The first-order valence-electron chi connectivity index (χ1n) is 8.35. The predicted molar refractivity (Wildman–Crippen MR) is 101 cm³/mol. The van der Waals surface area contributed by atoms with Gasteiger partial charge in [0.15, 0.2) is 0 Å². The molecule has 0 bridgehead atoms. The van der Waals surface area contributed by atoms with Crippen molar-refractivity contribution >= 4 is 12.2 Å². The highest BCUT2D eigenvalue weighted by molar-refractivity contribution is 5.37. The Labute approximate surface area is 157 Å². The van der Waals surface area contributed by atoms with Crippen molar-refractivity contribution in [3.8, 4) is 18.1 Å². The van der Waals surface area contributed by atoms with Crippen LogP contribution in [-0.2, 0) is 11.2 Å². The fraction of sp³-hybridized carbons (Fsp3) is 0.250. The van der Waals surface area contributed by atoms with Crippen LogP contribution in [0.15, 0.2) is 48.5 Å². The number of nitro benzene ring substituents is 1. The molecular formula is C20H20N2O5. The van der Waals surface area contributed by atoms with E-state index in [-0.39, 0.29) is 24.3 Å². The van der Waals surface area contributed by atoms with Crippen LogP contribution in [0.3, 0.4) is 0 Å². The summed E-state index contributed by atoms with van der Waals surface area (Å²) >= 11 is 0. The highest BCUT2D eigenvalue weighted by atomic mass is 16.6. The molecule has 27 heavy (non-hydrogen) atoms. The molecule has 1 aliphatic rings. The van der Waals surface area contributed by atoms with Crippen LogP contribution in [-0.4, -0.2) is 35.2 Å². The number of carbonyl (C=O) groups is 1. The van der Waals surface area contributed by atoms with E-state index < -0.39 is 4.92 Å². The van der Waals surface area contributed by atoms with Crippen molar-refractivity contribution in [1.82, 2.24) is 5.32 Å². The maximum absolute atomic E-state index is 10.7. The summed E-state index contributed by atoms with van der Waals surface area (Å²) in [5.74, 6) is 3.27. The average Bonchev–Trinajstić information content (AvgIpc) is 3.10. The first kappa shape index (κ1) is 19.9. The van der Waals surface area contributed by atoms with Crippen LogP contribution >= 0.6 is 0 Å². The van der Waals surface area contributed by atoms with Gasteiger partial charge in [0, 0.05) is 23.7 Å². The molecule has 0 aliphatic carbocycles. The summed E-state index contributed by atoms with van der Waals surface area (Å²) in [6, 6.07) is 14.4. The van der Waals surface area contributed by atoms with Crippen molar-refractivity contribution in [2.45, 2.75) is 25.0 Å². The van der Waals surface area contributed by atoms with Crippen LogP contribution < -0.4 is 10.1 Å². The summed E-state index contributed by atoms with van der Waals surface area (Å²) in [7, 11) is 0. The number of nitrogens with zero attached hydrogens (tertiary/aromatic N) is 1. The van der Waals surface area contributed by atoms with Gasteiger partial charge < -0.3 is 15.2 Å². The zero-order chi connectivity index (χ0) is 19.6. The Bertz CT molecular complexity index is 797. The molecule has 1 fully saturated rings. The van der Waals surface area contributed by atoms with E-state index in [0.29, 0.717) is 5.75 Å². The molecular weight excluding hydrogens is 348 g/mol. The molecule has 140 valence electrons. The van der Waals surface area contributed by atoms with Crippen molar-refractivity contribution in [1.29, 1.82) is 0 Å². The molecule has 0 radical (unpaired) electrons. The van der Waals surface area contributed by atoms with Gasteiger partial charge in [0.2, 0.25) is 0 Å². The summed E-state index contributed by atoms with van der Waals surface area (Å²) in [6.07, 6.45) is 7.17. The molecule has 1 heterocycles. The third-order valence-corrected chi connectivity index (χ3v) is 4.20. The number of hydrogen-bond donors (Lipinski definition) is 2. The second-order valence-corrected chi connectivity index (χ2v) is 5.91. The topological polar surface area (TPSA) is 102 Å². The number of terminal acetylenes is 1. The lowest BCUT2D eigenvalue weighted by Gasteiger charge is -2.21. The number of non-ortho nitro benzene ring substituents is 1. The first-order valence-corrected chi connectivity index (χ1v) is 8.35. The van der Waals surface area contributed by atoms with Crippen LogP contribution in [0.1, 0.15) is 17.5 Å². The molecule has 2 aromatic carbocycles. The minimum atomic E-state index is -0.413. The summed E-state index contributed by atoms with van der Waals surface area (Å²) in [5, 5.41) is 21.0. The molecule has 1 saturated heterocycles. The lowest BCUT2D eigenvalue weighted by Crippen LogP contribution is -2.36. The number of nitro groups is 1. The molecule has 7 nitrogen and oxygen atoms in total. The molecule has 0 amide bonds. The van der Waals surface area contributed by atoms with Crippen LogP contribution in [0.5, 0.6) is 5.75 Å². The van der Waals surface area contributed by atoms with Crippen molar-refractivity contribution in [3.05, 3.63) is 69.8 Å². The summed E-state index contributed by atoms with van der Waals surface area (Å²) in [6.45, 7) is 0.644. The highest BCUT2D eigenvalue weighted by Crippen LogP contribution is 2.23. The van der Waals surface area contributed by atoms with Crippen LogP contribution in [0.4, 0.5) is 5.69 Å². The van der Waals surface area contributed by atoms with E-state index in [9.17, 15) is 10.1 Å². The molecule has 2 atom stereocenters. The van der Waals surface area contributed by atoms with Gasteiger partial charge in [-0.1, -0.05) is 18.1 Å². The highest BCUT2D eigenvalue weighted by Gasteiger charge is 2.28. The molecule has 7 heteroatoms. The fourth-order valence-electron chi connectivity index (χ4n) is 2.90. The maximum atomic E-state index is 10.7. The lowest BCUT2D eigenvalue weighted by molar-refractivity contribution is -0.384. The molecule has 2 aromatic rings. The Balaban J connectivity index is 0.000000817. The van der Waals surface area contributed by atoms with E-state index in [1.807, 2.05) is 24.3 Å². The quantitative estimate of drug-likeness (QED) is 0.364. The fourth-order valence-corrected chi connectivity index (χ4v) is 2.90. The van der Waals surface area contributed by atoms with E-state index in [1.54, 1.807) is 12.1 Å². The van der Waals surface area contributed by atoms with Gasteiger partial charge in [-0.3, -0.25) is 14.9 Å². The van der Waals surface area contributed by atoms with Crippen LogP contribution in [0, 0.1) is 22.5 Å². The SMILES string of the molecule is C#Cc1ccc(CC2NCCC2Oc2ccc([N+](=O)[O-])cc2)cc1.O=CO. The van der Waals surface area contributed by atoms with E-state index in [4.69, 9.17) is 21.1 Å². The smallest absolute Gasteiger partial charge is 0.290 e. The standard InChI is InChI=1S/C19H18N2O3.CH2O2/c1-2-14-3-5-15(6-4-14)13-18-19(11-12-20-18)24-17-9-7-16(8-10-17)21(22)23;2-1-3/h1,3-10,18-20H,11-13H2;1H,(H,2,3). The lowest BCUT2D eigenvalue weighted by atomic mass is 10.0. The number of ether oxygens (including phenoxy) is 1. The van der Waals surface area contributed by atoms with E-state index in [2.05, 4.69) is 11.2 Å². The monoisotopic (exact) mass is 368 g/mol. The summed E-state index contributed by atoms with van der Waals surface area (Å²) in [4.78, 5) is 18.6. The molecule has 1 aliphatic heterocycles. The van der Waals surface area contributed by atoms with Crippen molar-refractivity contribution in [3.63, 3.8) is 0 Å². The second-order valence-electron chi connectivity index (χ2n) is 5.91. The Hall–Kier alpha value is -3.37. The zero-order valence-electron chi connectivity index (χ0n) is 14.6. The Morgan fingerprint density at radius 1 is 1.26 bits per heavy atom. The van der Waals surface area contributed by atoms with Crippen LogP contribution in [0.2, 0.25) is 0 Å². The number of carboxylic acid groups (broad SMARTS) is 1. The first-order chi connectivity index (χ1) is 13.1. The van der Waals surface area contributed by atoms with Gasteiger partial charge in [-0.2, -0.15) is 0 Å². The molecule has 3 rings (SSSR count). The maximum Gasteiger partial charge on any atom is 0.290 e. The van der Waals surface area contributed by atoms with E-state index in [1.165, 1.54) is 17.7 Å². The third-order valence-electron chi connectivity index (χ3n) is 4.20. The van der Waals surface area contributed by atoms with Crippen molar-refractivity contribution < 1.29 is 19.6 Å².